The largest absolute Gasteiger partial charge is 0.373 e. The molecule has 3 heteroatoms. The summed E-state index contributed by atoms with van der Waals surface area (Å²) in [5.41, 5.74) is 0. The van der Waals surface area contributed by atoms with Crippen molar-refractivity contribution in [2.75, 3.05) is 13.7 Å². The Hall–Kier alpha value is -0.120. The zero-order valence-electron chi connectivity index (χ0n) is 8.62. The zero-order valence-corrected chi connectivity index (χ0v) is 8.62. The first-order chi connectivity index (χ1) is 6.33. The van der Waals surface area contributed by atoms with Gasteiger partial charge in [-0.3, -0.25) is 0 Å². The van der Waals surface area contributed by atoms with Crippen molar-refractivity contribution in [3.8, 4) is 0 Å². The fraction of sp³-hybridized carbons (Fsp3) is 1.00. The second kappa shape index (κ2) is 6.35. The van der Waals surface area contributed by atoms with Gasteiger partial charge in [-0.25, -0.2) is 9.78 Å². The van der Waals surface area contributed by atoms with Gasteiger partial charge >= 0.3 is 0 Å². The summed E-state index contributed by atoms with van der Waals surface area (Å²) in [6, 6.07) is 0. The molecule has 0 aromatic rings. The van der Waals surface area contributed by atoms with Crippen molar-refractivity contribution in [1.82, 2.24) is 0 Å². The fourth-order valence-electron chi connectivity index (χ4n) is 1.73. The number of rotatable bonds is 5. The highest BCUT2D eigenvalue weighted by Crippen LogP contribution is 2.21. The number of hydrogen-bond donors (Lipinski definition) is 0. The average molecular weight is 188 g/mol. The molecule has 0 N–H and O–H groups in total. The van der Waals surface area contributed by atoms with Gasteiger partial charge in [-0.1, -0.05) is 19.3 Å². The van der Waals surface area contributed by atoms with E-state index < -0.39 is 0 Å². The van der Waals surface area contributed by atoms with E-state index in [9.17, 15) is 0 Å². The summed E-state index contributed by atoms with van der Waals surface area (Å²) in [6.07, 6.45) is 6.98. The summed E-state index contributed by atoms with van der Waals surface area (Å²) < 4.78 is 5.79. The minimum Gasteiger partial charge on any atom is -0.373 e. The molecule has 1 saturated carbocycles. The summed E-state index contributed by atoms with van der Waals surface area (Å²) in [5, 5.41) is 0. The predicted octanol–water partition coefficient (Wildman–Crippen LogP) is 2.30. The molecule has 0 bridgehead atoms. The molecule has 0 aliphatic heterocycles. The molecule has 1 rings (SSSR count). The van der Waals surface area contributed by atoms with Crippen LogP contribution in [0.1, 0.15) is 39.0 Å². The van der Waals surface area contributed by atoms with E-state index in [1.807, 2.05) is 6.92 Å². The quantitative estimate of drug-likeness (QED) is 0.489. The third kappa shape index (κ3) is 4.60. The van der Waals surface area contributed by atoms with Gasteiger partial charge in [-0.05, 0) is 19.8 Å². The standard InChI is InChI=1S/C10H20O3/c1-9(8-12-11-2)13-10-6-4-3-5-7-10/h9-10H,3-8H2,1-2H3. The maximum atomic E-state index is 5.79. The van der Waals surface area contributed by atoms with Crippen LogP contribution >= 0.6 is 0 Å². The smallest absolute Gasteiger partial charge is 0.108 e. The summed E-state index contributed by atoms with van der Waals surface area (Å²) in [5.74, 6) is 0. The molecule has 0 saturated heterocycles. The van der Waals surface area contributed by atoms with Gasteiger partial charge in [-0.15, -0.1) is 0 Å². The maximum Gasteiger partial charge on any atom is 0.108 e. The summed E-state index contributed by atoms with van der Waals surface area (Å²) in [4.78, 5) is 9.33. The number of hydrogen-bond acceptors (Lipinski definition) is 3. The van der Waals surface area contributed by atoms with E-state index in [1.165, 1.54) is 39.2 Å². The SMILES string of the molecule is COOCC(C)OC1CCCCC1. The second-order valence-corrected chi connectivity index (χ2v) is 3.66. The van der Waals surface area contributed by atoms with Gasteiger partial charge in [0.25, 0.3) is 0 Å². The molecule has 0 heterocycles. The Labute approximate surface area is 80.3 Å². The van der Waals surface area contributed by atoms with Crippen molar-refractivity contribution in [3.05, 3.63) is 0 Å². The van der Waals surface area contributed by atoms with Crippen LogP contribution in [0, 0.1) is 0 Å². The molecule has 1 fully saturated rings. The Morgan fingerprint density at radius 1 is 1.23 bits per heavy atom. The third-order valence-corrected chi connectivity index (χ3v) is 2.40. The first-order valence-electron chi connectivity index (χ1n) is 5.14. The van der Waals surface area contributed by atoms with Crippen LogP contribution in [-0.4, -0.2) is 25.9 Å². The van der Waals surface area contributed by atoms with E-state index in [2.05, 4.69) is 4.89 Å². The lowest BCUT2D eigenvalue weighted by molar-refractivity contribution is -0.288. The maximum absolute atomic E-state index is 5.79. The van der Waals surface area contributed by atoms with Crippen LogP contribution in [0.15, 0.2) is 0 Å². The van der Waals surface area contributed by atoms with E-state index in [0.717, 1.165) is 0 Å². The summed E-state index contributed by atoms with van der Waals surface area (Å²) >= 11 is 0. The molecule has 0 spiro atoms. The van der Waals surface area contributed by atoms with Crippen LogP contribution in [-0.2, 0) is 14.5 Å². The molecular formula is C10H20O3. The van der Waals surface area contributed by atoms with E-state index in [-0.39, 0.29) is 6.10 Å². The predicted molar refractivity (Wildman–Crippen MR) is 50.4 cm³/mol. The molecular weight excluding hydrogens is 168 g/mol. The highest BCUT2D eigenvalue weighted by molar-refractivity contribution is 4.66. The Balaban J connectivity index is 2.07. The lowest BCUT2D eigenvalue weighted by Crippen LogP contribution is -2.25. The van der Waals surface area contributed by atoms with Crippen molar-refractivity contribution in [2.24, 2.45) is 0 Å². The van der Waals surface area contributed by atoms with Crippen molar-refractivity contribution in [2.45, 2.75) is 51.2 Å². The van der Waals surface area contributed by atoms with Gasteiger partial charge in [0, 0.05) is 0 Å². The topological polar surface area (TPSA) is 27.7 Å². The molecule has 1 aliphatic carbocycles. The molecule has 0 radical (unpaired) electrons. The Kier molecular flexibility index (Phi) is 5.35. The summed E-state index contributed by atoms with van der Waals surface area (Å²) in [6.45, 7) is 2.54. The third-order valence-electron chi connectivity index (χ3n) is 2.40. The highest BCUT2D eigenvalue weighted by atomic mass is 17.2. The van der Waals surface area contributed by atoms with Crippen LogP contribution in [0.4, 0.5) is 0 Å². The molecule has 1 unspecified atom stereocenters. The molecule has 78 valence electrons. The number of ether oxygens (including phenoxy) is 1. The lowest BCUT2D eigenvalue weighted by Gasteiger charge is -2.25. The first kappa shape index (κ1) is 11.0. The molecule has 13 heavy (non-hydrogen) atoms. The van der Waals surface area contributed by atoms with Gasteiger partial charge in [0.2, 0.25) is 0 Å². The summed E-state index contributed by atoms with van der Waals surface area (Å²) in [7, 11) is 1.52. The Morgan fingerprint density at radius 2 is 1.92 bits per heavy atom. The minimum absolute atomic E-state index is 0.142. The normalized spacial score (nSPS) is 21.7. The Morgan fingerprint density at radius 3 is 2.54 bits per heavy atom. The fourth-order valence-corrected chi connectivity index (χ4v) is 1.73. The van der Waals surface area contributed by atoms with Gasteiger partial charge < -0.3 is 4.74 Å². The lowest BCUT2D eigenvalue weighted by atomic mass is 9.98. The van der Waals surface area contributed by atoms with E-state index in [4.69, 9.17) is 9.62 Å². The molecule has 1 aliphatic rings. The van der Waals surface area contributed by atoms with E-state index in [1.54, 1.807) is 0 Å². The van der Waals surface area contributed by atoms with E-state index >= 15 is 0 Å². The molecule has 0 aromatic carbocycles. The monoisotopic (exact) mass is 188 g/mol. The van der Waals surface area contributed by atoms with Crippen molar-refractivity contribution < 1.29 is 14.5 Å². The van der Waals surface area contributed by atoms with Gasteiger partial charge in [0.15, 0.2) is 0 Å². The molecule has 1 atom stereocenters. The van der Waals surface area contributed by atoms with Gasteiger partial charge in [-0.2, -0.15) is 0 Å². The first-order valence-corrected chi connectivity index (χ1v) is 5.14. The van der Waals surface area contributed by atoms with Gasteiger partial charge in [0.05, 0.1) is 19.3 Å². The Bertz CT molecular complexity index is 121. The molecule has 0 aromatic heterocycles. The van der Waals surface area contributed by atoms with Crippen molar-refractivity contribution in [1.29, 1.82) is 0 Å². The van der Waals surface area contributed by atoms with Crippen LogP contribution in [0.25, 0.3) is 0 Å². The van der Waals surface area contributed by atoms with Crippen LogP contribution in [0.5, 0.6) is 0 Å². The second-order valence-electron chi connectivity index (χ2n) is 3.66. The van der Waals surface area contributed by atoms with Crippen LogP contribution in [0.2, 0.25) is 0 Å². The van der Waals surface area contributed by atoms with Crippen molar-refractivity contribution >= 4 is 0 Å². The highest BCUT2D eigenvalue weighted by Gasteiger charge is 2.16. The van der Waals surface area contributed by atoms with Crippen LogP contribution in [0.3, 0.4) is 0 Å². The van der Waals surface area contributed by atoms with E-state index in [0.29, 0.717) is 12.7 Å². The molecule has 3 nitrogen and oxygen atoms in total. The molecule has 0 amide bonds. The van der Waals surface area contributed by atoms with Gasteiger partial charge in [0.1, 0.15) is 6.61 Å². The zero-order chi connectivity index (χ0) is 9.52. The average Bonchev–Trinajstić information content (AvgIpc) is 2.16. The van der Waals surface area contributed by atoms with Crippen LogP contribution < -0.4 is 0 Å². The van der Waals surface area contributed by atoms with Crippen molar-refractivity contribution in [3.63, 3.8) is 0 Å². The minimum atomic E-state index is 0.142.